The van der Waals surface area contributed by atoms with Crippen LogP contribution >= 0.6 is 0 Å². The van der Waals surface area contributed by atoms with Crippen LogP contribution in [-0.2, 0) is 6.54 Å². The first-order valence-corrected chi connectivity index (χ1v) is 12.0. The molecule has 0 spiro atoms. The predicted octanol–water partition coefficient (Wildman–Crippen LogP) is 4.21. The summed E-state index contributed by atoms with van der Waals surface area (Å²) < 4.78 is 36.6. The van der Waals surface area contributed by atoms with Gasteiger partial charge in [0.15, 0.2) is 18.0 Å². The van der Waals surface area contributed by atoms with Crippen LogP contribution in [0.5, 0.6) is 0 Å². The number of hydrogen-bond acceptors (Lipinski definition) is 8. The van der Waals surface area contributed by atoms with Gasteiger partial charge in [-0.3, -0.25) is 4.79 Å². The largest absolute Gasteiger partial charge is 0.477 e. The highest BCUT2D eigenvalue weighted by atomic mass is 19.2. The van der Waals surface area contributed by atoms with Crippen molar-refractivity contribution in [2.45, 2.75) is 6.54 Å². The first-order valence-electron chi connectivity index (χ1n) is 12.0. The Kier molecular flexibility index (Phi) is 5.71. The average Bonchev–Trinajstić information content (AvgIpc) is 3.59. The summed E-state index contributed by atoms with van der Waals surface area (Å²) in [5, 5.41) is 13.0. The molecular formula is C27H21F2N7O4. The van der Waals surface area contributed by atoms with Gasteiger partial charge in [-0.1, -0.05) is 0 Å². The molecule has 0 aliphatic heterocycles. The summed E-state index contributed by atoms with van der Waals surface area (Å²) in [6, 6.07) is 2.59. The van der Waals surface area contributed by atoms with Crippen LogP contribution in [0.2, 0.25) is 0 Å². The molecular weight excluding hydrogens is 524 g/mol. The van der Waals surface area contributed by atoms with Gasteiger partial charge in [0.25, 0.3) is 0 Å². The number of oxazole rings is 1. The van der Waals surface area contributed by atoms with E-state index in [0.29, 0.717) is 44.8 Å². The number of nitrogens with zero attached hydrogens (tertiary/aromatic N) is 5. The third-order valence-electron chi connectivity index (χ3n) is 6.74. The minimum Gasteiger partial charge on any atom is -0.477 e. The summed E-state index contributed by atoms with van der Waals surface area (Å²) in [6.07, 6.45) is 6.99. The fraction of sp³-hybridized carbons (Fsp3) is 0.148. The molecule has 0 radical (unpaired) electrons. The van der Waals surface area contributed by atoms with Crippen LogP contribution in [0.15, 0.2) is 52.5 Å². The van der Waals surface area contributed by atoms with E-state index in [4.69, 9.17) is 4.42 Å². The summed E-state index contributed by atoms with van der Waals surface area (Å²) >= 11 is 0. The van der Waals surface area contributed by atoms with Gasteiger partial charge in [0, 0.05) is 56.9 Å². The van der Waals surface area contributed by atoms with Crippen molar-refractivity contribution in [1.29, 1.82) is 0 Å². The molecule has 1 aromatic carbocycles. The molecule has 0 atom stereocenters. The fourth-order valence-electron chi connectivity index (χ4n) is 5.00. The molecule has 0 aliphatic rings. The molecule has 13 heteroatoms. The number of benzene rings is 1. The molecule has 0 amide bonds. The summed E-state index contributed by atoms with van der Waals surface area (Å²) in [5.74, 6) is -3.00. The molecule has 6 aromatic rings. The van der Waals surface area contributed by atoms with Crippen LogP contribution in [0.25, 0.3) is 44.1 Å². The third-order valence-corrected chi connectivity index (χ3v) is 6.74. The predicted molar refractivity (Wildman–Crippen MR) is 145 cm³/mol. The Balaban J connectivity index is 1.65. The van der Waals surface area contributed by atoms with Gasteiger partial charge in [-0.15, -0.1) is 0 Å². The Morgan fingerprint density at radius 3 is 2.65 bits per heavy atom. The summed E-state index contributed by atoms with van der Waals surface area (Å²) in [7, 11) is 5.09. The van der Waals surface area contributed by atoms with E-state index in [-0.39, 0.29) is 23.0 Å². The van der Waals surface area contributed by atoms with Crippen molar-refractivity contribution in [3.8, 4) is 11.1 Å². The zero-order chi connectivity index (χ0) is 28.3. The molecule has 40 heavy (non-hydrogen) atoms. The fourth-order valence-corrected chi connectivity index (χ4v) is 5.00. The monoisotopic (exact) mass is 545 g/mol. The van der Waals surface area contributed by atoms with Gasteiger partial charge in [0.2, 0.25) is 5.43 Å². The number of fused-ring (bicyclic) bond motifs is 4. The second-order valence-electron chi connectivity index (χ2n) is 9.35. The van der Waals surface area contributed by atoms with Gasteiger partial charge in [-0.2, -0.15) is 0 Å². The van der Waals surface area contributed by atoms with Gasteiger partial charge < -0.3 is 29.3 Å². The first kappa shape index (κ1) is 25.0. The molecule has 0 fully saturated rings. The zero-order valence-corrected chi connectivity index (χ0v) is 21.4. The number of aromatic nitrogens is 5. The minimum absolute atomic E-state index is 0.0220. The first-order chi connectivity index (χ1) is 19.2. The number of carbonyl (C=O) groups is 1. The smallest absolute Gasteiger partial charge is 0.341 e. The third kappa shape index (κ3) is 3.73. The van der Waals surface area contributed by atoms with Crippen LogP contribution < -0.4 is 15.6 Å². The lowest BCUT2D eigenvalue weighted by Gasteiger charge is -2.19. The van der Waals surface area contributed by atoms with Crippen molar-refractivity contribution in [2.75, 3.05) is 31.4 Å². The molecule has 0 saturated heterocycles. The highest BCUT2D eigenvalue weighted by Crippen LogP contribution is 2.42. The van der Waals surface area contributed by atoms with E-state index in [1.54, 1.807) is 26.0 Å². The van der Waals surface area contributed by atoms with E-state index in [9.17, 15) is 19.1 Å². The normalized spacial score (nSPS) is 11.5. The van der Waals surface area contributed by atoms with Gasteiger partial charge >= 0.3 is 5.97 Å². The van der Waals surface area contributed by atoms with Crippen molar-refractivity contribution in [3.05, 3.63) is 76.5 Å². The van der Waals surface area contributed by atoms with Crippen LogP contribution in [0, 0.1) is 11.6 Å². The van der Waals surface area contributed by atoms with Crippen molar-refractivity contribution < 1.29 is 23.1 Å². The lowest BCUT2D eigenvalue weighted by atomic mass is 10.0. The number of nitrogens with one attached hydrogen (secondary N) is 2. The number of H-pyrrole nitrogens is 1. The van der Waals surface area contributed by atoms with Crippen molar-refractivity contribution in [1.82, 2.24) is 24.5 Å². The number of hydrogen-bond donors (Lipinski definition) is 3. The van der Waals surface area contributed by atoms with Crippen LogP contribution in [0.1, 0.15) is 16.1 Å². The highest BCUT2D eigenvalue weighted by Gasteiger charge is 2.24. The van der Waals surface area contributed by atoms with Crippen LogP contribution in [0.4, 0.5) is 20.2 Å². The molecule has 3 N–H and O–H groups in total. The molecule has 0 bridgehead atoms. The van der Waals surface area contributed by atoms with E-state index in [2.05, 4.69) is 25.3 Å². The van der Waals surface area contributed by atoms with E-state index < -0.39 is 28.6 Å². The highest BCUT2D eigenvalue weighted by molar-refractivity contribution is 6.18. The molecule has 0 unspecified atom stereocenters. The number of rotatable bonds is 6. The quantitative estimate of drug-likeness (QED) is 0.280. The minimum atomic E-state index is -1.39. The van der Waals surface area contributed by atoms with E-state index in [1.165, 1.54) is 41.8 Å². The maximum atomic E-state index is 15.2. The van der Waals surface area contributed by atoms with Crippen molar-refractivity contribution >= 4 is 50.3 Å². The van der Waals surface area contributed by atoms with Crippen LogP contribution in [0.3, 0.4) is 0 Å². The Morgan fingerprint density at radius 1 is 1.18 bits per heavy atom. The lowest BCUT2D eigenvalue weighted by molar-refractivity contribution is 0.0694. The molecule has 5 heterocycles. The second-order valence-corrected chi connectivity index (χ2v) is 9.35. The Bertz CT molecular complexity index is 2030. The number of anilines is 2. The molecule has 6 rings (SSSR count). The van der Waals surface area contributed by atoms with E-state index in [1.807, 2.05) is 0 Å². The topological polar surface area (TPSA) is 142 Å². The number of aromatic amines is 1. The zero-order valence-electron chi connectivity index (χ0n) is 21.4. The standard InChI is InChI=1S/C27H21F2N7O4/c1-30-18-5-17(28)21(29)19-20-23(35(2)3)15(8-32-25(20)34-22(18)19)12-4-14-24(37)16(27(38)39)10-36(26(14)33-6-12)9-13-7-31-11-40-13/h4-8,10-11,30H,9H2,1-3H3,(H,32,34)(H,38,39). The number of halogens is 2. The number of aromatic carboxylic acids is 1. The SMILES string of the molecule is CNc1cc(F)c(F)c2c1[nH]c1ncc(-c3cnc4c(c3)c(=O)c(C(=O)O)cn4Cc3cnco3)c(N(C)C)c12. The van der Waals surface area contributed by atoms with Gasteiger partial charge in [0.05, 0.1) is 45.8 Å². The second kappa shape index (κ2) is 9.15. The molecule has 11 nitrogen and oxygen atoms in total. The summed E-state index contributed by atoms with van der Waals surface area (Å²) in [4.78, 5) is 42.8. The number of carboxylic acid groups (broad SMARTS) is 1. The summed E-state index contributed by atoms with van der Waals surface area (Å²) in [6.45, 7) is 0.0911. The Hall–Kier alpha value is -5.33. The van der Waals surface area contributed by atoms with Gasteiger partial charge in [-0.25, -0.2) is 28.5 Å². The van der Waals surface area contributed by atoms with E-state index >= 15 is 4.39 Å². The maximum Gasteiger partial charge on any atom is 0.341 e. The Morgan fingerprint density at radius 2 is 1.98 bits per heavy atom. The number of pyridine rings is 3. The van der Waals surface area contributed by atoms with Crippen molar-refractivity contribution in [3.63, 3.8) is 0 Å². The average molecular weight is 546 g/mol. The van der Waals surface area contributed by atoms with E-state index in [0.717, 1.165) is 6.07 Å². The van der Waals surface area contributed by atoms with Gasteiger partial charge in [-0.05, 0) is 6.07 Å². The molecule has 5 aromatic heterocycles. The van der Waals surface area contributed by atoms with Crippen molar-refractivity contribution in [2.24, 2.45) is 0 Å². The van der Waals surface area contributed by atoms with Crippen LogP contribution in [-0.4, -0.2) is 56.7 Å². The molecule has 0 saturated carbocycles. The molecule has 0 aliphatic carbocycles. The lowest BCUT2D eigenvalue weighted by Crippen LogP contribution is -2.20. The Labute approximate surface area is 223 Å². The molecule has 202 valence electrons. The number of carboxylic acids is 1. The maximum absolute atomic E-state index is 15.2. The summed E-state index contributed by atoms with van der Waals surface area (Å²) in [5.41, 5.74) is 1.52. The van der Waals surface area contributed by atoms with Gasteiger partial charge in [0.1, 0.15) is 22.6 Å².